The van der Waals surface area contributed by atoms with E-state index in [1.807, 2.05) is 36.4 Å². The van der Waals surface area contributed by atoms with Gasteiger partial charge in [-0.2, -0.15) is 0 Å². The minimum absolute atomic E-state index is 0.638. The maximum absolute atomic E-state index is 5.60. The van der Waals surface area contributed by atoms with Crippen LogP contribution in [0, 0.1) is 0 Å². The standard InChI is InChI=1S/C12H8N2O/c1-2-4-9(5-3-1)12-14-10-8-13-7-6-11(10)15-12/h1-8H. The summed E-state index contributed by atoms with van der Waals surface area (Å²) < 4.78 is 5.60. The molecule has 0 aliphatic carbocycles. The van der Waals surface area contributed by atoms with Gasteiger partial charge in [0.25, 0.3) is 0 Å². The minimum atomic E-state index is 0.638. The molecule has 0 saturated heterocycles. The van der Waals surface area contributed by atoms with Crippen LogP contribution >= 0.6 is 0 Å². The summed E-state index contributed by atoms with van der Waals surface area (Å²) >= 11 is 0. The van der Waals surface area contributed by atoms with Crippen LogP contribution in [-0.4, -0.2) is 9.97 Å². The van der Waals surface area contributed by atoms with Crippen molar-refractivity contribution in [1.29, 1.82) is 0 Å². The zero-order valence-corrected chi connectivity index (χ0v) is 7.92. The lowest BCUT2D eigenvalue weighted by Crippen LogP contribution is -1.74. The van der Waals surface area contributed by atoms with Crippen molar-refractivity contribution in [3.63, 3.8) is 0 Å². The fourth-order valence-electron chi connectivity index (χ4n) is 1.48. The summed E-state index contributed by atoms with van der Waals surface area (Å²) in [6, 6.07) is 11.6. The van der Waals surface area contributed by atoms with Crippen molar-refractivity contribution in [1.82, 2.24) is 9.97 Å². The Bertz CT molecular complexity index is 554. The van der Waals surface area contributed by atoms with Crippen LogP contribution in [0.2, 0.25) is 0 Å². The molecule has 3 nitrogen and oxygen atoms in total. The zero-order chi connectivity index (χ0) is 10.1. The molecule has 1 aromatic carbocycles. The van der Waals surface area contributed by atoms with E-state index in [1.165, 1.54) is 0 Å². The van der Waals surface area contributed by atoms with Gasteiger partial charge in [-0.05, 0) is 12.1 Å². The zero-order valence-electron chi connectivity index (χ0n) is 7.92. The molecule has 0 bridgehead atoms. The molecule has 0 atom stereocenters. The molecule has 2 heterocycles. The first-order valence-corrected chi connectivity index (χ1v) is 4.69. The summed E-state index contributed by atoms with van der Waals surface area (Å²) in [6.07, 6.45) is 3.40. The molecule has 0 unspecified atom stereocenters. The second-order valence-electron chi connectivity index (χ2n) is 3.23. The topological polar surface area (TPSA) is 38.9 Å². The predicted molar refractivity (Wildman–Crippen MR) is 57.2 cm³/mol. The third-order valence-corrected chi connectivity index (χ3v) is 2.21. The summed E-state index contributed by atoms with van der Waals surface area (Å²) in [4.78, 5) is 8.35. The van der Waals surface area contributed by atoms with Crippen molar-refractivity contribution in [3.8, 4) is 11.5 Å². The SMILES string of the molecule is c1ccc(-c2nc3cnccc3o2)cc1. The van der Waals surface area contributed by atoms with Crippen LogP contribution in [-0.2, 0) is 0 Å². The molecule has 0 N–H and O–H groups in total. The third kappa shape index (κ3) is 1.38. The smallest absolute Gasteiger partial charge is 0.227 e. The predicted octanol–water partition coefficient (Wildman–Crippen LogP) is 2.89. The average molecular weight is 196 g/mol. The van der Waals surface area contributed by atoms with Crippen LogP contribution in [0.15, 0.2) is 53.2 Å². The van der Waals surface area contributed by atoms with E-state index in [2.05, 4.69) is 9.97 Å². The van der Waals surface area contributed by atoms with Gasteiger partial charge in [-0.1, -0.05) is 18.2 Å². The van der Waals surface area contributed by atoms with E-state index in [-0.39, 0.29) is 0 Å². The molecule has 3 rings (SSSR count). The highest BCUT2D eigenvalue weighted by atomic mass is 16.3. The highest BCUT2D eigenvalue weighted by Gasteiger charge is 2.06. The Morgan fingerprint density at radius 2 is 1.87 bits per heavy atom. The molecule has 0 spiro atoms. The van der Waals surface area contributed by atoms with Crippen LogP contribution in [0.3, 0.4) is 0 Å². The molecule has 15 heavy (non-hydrogen) atoms. The molecule has 0 radical (unpaired) electrons. The Morgan fingerprint density at radius 3 is 2.67 bits per heavy atom. The Labute approximate surface area is 86.4 Å². The number of nitrogens with zero attached hydrogens (tertiary/aromatic N) is 2. The van der Waals surface area contributed by atoms with Crippen LogP contribution in [0.1, 0.15) is 0 Å². The molecule has 72 valence electrons. The molecule has 0 aliphatic rings. The number of benzene rings is 1. The Balaban J connectivity index is 2.21. The molecule has 3 heteroatoms. The molecule has 2 aromatic heterocycles. The van der Waals surface area contributed by atoms with Gasteiger partial charge in [-0.3, -0.25) is 4.98 Å². The molecule has 0 aliphatic heterocycles. The number of fused-ring (bicyclic) bond motifs is 1. The number of hydrogen-bond donors (Lipinski definition) is 0. The van der Waals surface area contributed by atoms with E-state index >= 15 is 0 Å². The van der Waals surface area contributed by atoms with Crippen molar-refractivity contribution in [2.75, 3.05) is 0 Å². The molecule has 0 fully saturated rings. The van der Waals surface area contributed by atoms with Crippen molar-refractivity contribution in [3.05, 3.63) is 48.8 Å². The van der Waals surface area contributed by atoms with Crippen molar-refractivity contribution in [2.45, 2.75) is 0 Å². The van der Waals surface area contributed by atoms with E-state index in [1.54, 1.807) is 12.4 Å². The first-order valence-electron chi connectivity index (χ1n) is 4.69. The van der Waals surface area contributed by atoms with Gasteiger partial charge in [0.2, 0.25) is 5.89 Å². The normalized spacial score (nSPS) is 10.7. The van der Waals surface area contributed by atoms with Gasteiger partial charge in [0.1, 0.15) is 5.52 Å². The van der Waals surface area contributed by atoms with Gasteiger partial charge in [-0.15, -0.1) is 0 Å². The van der Waals surface area contributed by atoms with Gasteiger partial charge in [0, 0.05) is 17.8 Å². The number of hydrogen-bond acceptors (Lipinski definition) is 3. The number of pyridine rings is 1. The van der Waals surface area contributed by atoms with Crippen LogP contribution in [0.4, 0.5) is 0 Å². The summed E-state index contributed by atoms with van der Waals surface area (Å²) in [7, 11) is 0. The Kier molecular flexibility index (Phi) is 1.75. The number of oxazole rings is 1. The summed E-state index contributed by atoms with van der Waals surface area (Å²) in [6.45, 7) is 0. The first kappa shape index (κ1) is 8.17. The van der Waals surface area contributed by atoms with Crippen molar-refractivity contribution >= 4 is 11.1 Å². The lowest BCUT2D eigenvalue weighted by Gasteiger charge is -1.91. The van der Waals surface area contributed by atoms with Crippen molar-refractivity contribution in [2.24, 2.45) is 0 Å². The number of rotatable bonds is 1. The van der Waals surface area contributed by atoms with Gasteiger partial charge < -0.3 is 4.42 Å². The van der Waals surface area contributed by atoms with E-state index in [0.717, 1.165) is 16.7 Å². The highest BCUT2D eigenvalue weighted by Crippen LogP contribution is 2.22. The number of aromatic nitrogens is 2. The fraction of sp³-hybridized carbons (Fsp3) is 0. The second-order valence-corrected chi connectivity index (χ2v) is 3.23. The quantitative estimate of drug-likeness (QED) is 0.600. The minimum Gasteiger partial charge on any atom is -0.436 e. The largest absolute Gasteiger partial charge is 0.436 e. The summed E-state index contributed by atoms with van der Waals surface area (Å²) in [5.74, 6) is 0.638. The summed E-state index contributed by atoms with van der Waals surface area (Å²) in [5, 5.41) is 0. The monoisotopic (exact) mass is 196 g/mol. The van der Waals surface area contributed by atoms with Crippen molar-refractivity contribution < 1.29 is 4.42 Å². The molecule has 3 aromatic rings. The van der Waals surface area contributed by atoms with Gasteiger partial charge >= 0.3 is 0 Å². The molecule has 0 amide bonds. The molecular formula is C12H8N2O. The molecule has 0 saturated carbocycles. The van der Waals surface area contributed by atoms with E-state index in [9.17, 15) is 0 Å². The Hall–Kier alpha value is -2.16. The van der Waals surface area contributed by atoms with Crippen LogP contribution in [0.25, 0.3) is 22.6 Å². The maximum atomic E-state index is 5.60. The fourth-order valence-corrected chi connectivity index (χ4v) is 1.48. The second kappa shape index (κ2) is 3.20. The Morgan fingerprint density at radius 1 is 1.00 bits per heavy atom. The van der Waals surface area contributed by atoms with Crippen LogP contribution in [0.5, 0.6) is 0 Å². The van der Waals surface area contributed by atoms with Gasteiger partial charge in [0.05, 0.1) is 6.20 Å². The van der Waals surface area contributed by atoms with Gasteiger partial charge in [0.15, 0.2) is 5.58 Å². The van der Waals surface area contributed by atoms with E-state index in [4.69, 9.17) is 4.42 Å². The highest BCUT2D eigenvalue weighted by molar-refractivity contribution is 5.74. The van der Waals surface area contributed by atoms with Gasteiger partial charge in [-0.25, -0.2) is 4.98 Å². The average Bonchev–Trinajstić information content (AvgIpc) is 2.74. The lowest BCUT2D eigenvalue weighted by atomic mass is 10.2. The lowest BCUT2D eigenvalue weighted by molar-refractivity contribution is 0.619. The first-order chi connectivity index (χ1) is 7.43. The maximum Gasteiger partial charge on any atom is 0.227 e. The van der Waals surface area contributed by atoms with E-state index in [0.29, 0.717) is 5.89 Å². The summed E-state index contributed by atoms with van der Waals surface area (Å²) in [5.41, 5.74) is 2.54. The van der Waals surface area contributed by atoms with Crippen LogP contribution < -0.4 is 0 Å². The van der Waals surface area contributed by atoms with E-state index < -0.39 is 0 Å². The third-order valence-electron chi connectivity index (χ3n) is 2.21. The molecular weight excluding hydrogens is 188 g/mol.